The first kappa shape index (κ1) is 21.8. The quantitative estimate of drug-likeness (QED) is 0.340. The average molecular weight is 457 g/mol. The second-order valence-corrected chi connectivity index (χ2v) is 10.6. The largest absolute Gasteiger partial charge is 0.393 e. The van der Waals surface area contributed by atoms with E-state index in [0.29, 0.717) is 12.0 Å². The fourth-order valence-corrected chi connectivity index (χ4v) is 6.37. The van der Waals surface area contributed by atoms with E-state index in [1.54, 1.807) is 0 Å². The molecule has 0 amide bonds. The molecule has 2 aromatic carbocycles. The summed E-state index contributed by atoms with van der Waals surface area (Å²) in [6, 6.07) is 12.0. The maximum atomic E-state index is 10.2. The molecule has 34 heavy (non-hydrogen) atoms. The van der Waals surface area contributed by atoms with E-state index in [0.717, 1.165) is 48.7 Å². The highest BCUT2D eigenvalue weighted by Crippen LogP contribution is 2.37. The van der Waals surface area contributed by atoms with E-state index in [2.05, 4.69) is 51.2 Å². The van der Waals surface area contributed by atoms with Crippen molar-refractivity contribution in [2.24, 2.45) is 0 Å². The van der Waals surface area contributed by atoms with Crippen molar-refractivity contribution in [3.8, 4) is 11.1 Å². The van der Waals surface area contributed by atoms with Crippen molar-refractivity contribution in [1.82, 2.24) is 19.5 Å². The molecule has 0 bridgehead atoms. The van der Waals surface area contributed by atoms with Crippen LogP contribution in [0.2, 0.25) is 0 Å². The Balaban J connectivity index is 1.36. The molecule has 0 radical (unpaired) electrons. The van der Waals surface area contributed by atoms with Gasteiger partial charge >= 0.3 is 0 Å². The Bertz CT molecular complexity index is 1270. The average Bonchev–Trinajstić information content (AvgIpc) is 3.53. The SMILES string of the molecule is OC1CCCCC(c2cc(-c3ccc4c(c3)ncn4C3CCCCC3)c3nc[nH]c3c2)CCC1. The number of H-pyrrole nitrogens is 1. The zero-order valence-corrected chi connectivity index (χ0v) is 20.0. The number of benzene rings is 2. The summed E-state index contributed by atoms with van der Waals surface area (Å²) in [5.74, 6) is 0.533. The summed E-state index contributed by atoms with van der Waals surface area (Å²) in [5, 5.41) is 10.2. The predicted octanol–water partition coefficient (Wildman–Crippen LogP) is 7.27. The fraction of sp³-hybridized carbons (Fsp3) is 0.517. The number of fused-ring (bicyclic) bond motifs is 2. The van der Waals surface area contributed by atoms with Gasteiger partial charge in [0.15, 0.2) is 0 Å². The van der Waals surface area contributed by atoms with Gasteiger partial charge in [-0.3, -0.25) is 0 Å². The van der Waals surface area contributed by atoms with Crippen molar-refractivity contribution in [1.29, 1.82) is 0 Å². The lowest BCUT2D eigenvalue weighted by atomic mass is 9.87. The molecular weight excluding hydrogens is 420 g/mol. The van der Waals surface area contributed by atoms with Crippen molar-refractivity contribution in [2.75, 3.05) is 0 Å². The van der Waals surface area contributed by atoms with Crippen LogP contribution in [0.15, 0.2) is 43.0 Å². The number of aliphatic hydroxyl groups excluding tert-OH is 1. The van der Waals surface area contributed by atoms with Crippen LogP contribution >= 0.6 is 0 Å². The lowest BCUT2D eigenvalue weighted by Gasteiger charge is -2.23. The maximum absolute atomic E-state index is 10.2. The molecule has 6 rings (SSSR count). The minimum atomic E-state index is -0.121. The van der Waals surface area contributed by atoms with Gasteiger partial charge in [-0.1, -0.05) is 44.6 Å². The van der Waals surface area contributed by atoms with Gasteiger partial charge in [0.05, 0.1) is 40.8 Å². The molecule has 5 heteroatoms. The van der Waals surface area contributed by atoms with Gasteiger partial charge in [-0.15, -0.1) is 0 Å². The predicted molar refractivity (Wildman–Crippen MR) is 138 cm³/mol. The third-order valence-corrected chi connectivity index (χ3v) is 8.30. The van der Waals surface area contributed by atoms with Crippen LogP contribution in [-0.4, -0.2) is 30.7 Å². The molecule has 2 aliphatic carbocycles. The third-order valence-electron chi connectivity index (χ3n) is 8.30. The minimum absolute atomic E-state index is 0.121. The third kappa shape index (κ3) is 4.26. The van der Waals surface area contributed by atoms with Crippen LogP contribution in [-0.2, 0) is 0 Å². The van der Waals surface area contributed by atoms with Crippen molar-refractivity contribution < 1.29 is 5.11 Å². The molecule has 2 N–H and O–H groups in total. The van der Waals surface area contributed by atoms with Crippen molar-refractivity contribution >= 4 is 22.1 Å². The molecule has 2 aliphatic rings. The Hall–Kier alpha value is -2.66. The highest BCUT2D eigenvalue weighted by atomic mass is 16.3. The van der Waals surface area contributed by atoms with Crippen LogP contribution in [0.3, 0.4) is 0 Å². The van der Waals surface area contributed by atoms with Crippen LogP contribution in [0, 0.1) is 0 Å². The van der Waals surface area contributed by atoms with E-state index in [1.165, 1.54) is 67.2 Å². The first-order chi connectivity index (χ1) is 16.8. The number of nitrogens with zero attached hydrogens (tertiary/aromatic N) is 3. The first-order valence-electron chi connectivity index (χ1n) is 13.4. The summed E-state index contributed by atoms with van der Waals surface area (Å²) in [4.78, 5) is 12.9. The zero-order chi connectivity index (χ0) is 22.9. The van der Waals surface area contributed by atoms with Gasteiger partial charge in [0, 0.05) is 11.6 Å². The highest BCUT2D eigenvalue weighted by molar-refractivity contribution is 5.95. The minimum Gasteiger partial charge on any atom is -0.393 e. The van der Waals surface area contributed by atoms with Crippen molar-refractivity contribution in [2.45, 2.75) is 95.1 Å². The van der Waals surface area contributed by atoms with Crippen LogP contribution in [0.4, 0.5) is 0 Å². The molecule has 2 fully saturated rings. The first-order valence-corrected chi connectivity index (χ1v) is 13.4. The molecule has 2 saturated carbocycles. The number of hydrogen-bond donors (Lipinski definition) is 2. The van der Waals surface area contributed by atoms with E-state index in [4.69, 9.17) is 4.98 Å². The van der Waals surface area contributed by atoms with Gasteiger partial charge in [-0.2, -0.15) is 0 Å². The number of hydrogen-bond acceptors (Lipinski definition) is 3. The van der Waals surface area contributed by atoms with Gasteiger partial charge in [-0.05, 0) is 79.8 Å². The number of aromatic amines is 1. The monoisotopic (exact) mass is 456 g/mol. The van der Waals surface area contributed by atoms with Gasteiger partial charge < -0.3 is 14.7 Å². The fourth-order valence-electron chi connectivity index (χ4n) is 6.37. The van der Waals surface area contributed by atoms with Gasteiger partial charge in [0.25, 0.3) is 0 Å². The molecule has 2 unspecified atom stereocenters. The van der Waals surface area contributed by atoms with E-state index in [9.17, 15) is 5.11 Å². The van der Waals surface area contributed by atoms with Gasteiger partial charge in [0.2, 0.25) is 0 Å². The Morgan fingerprint density at radius 2 is 1.62 bits per heavy atom. The summed E-state index contributed by atoms with van der Waals surface area (Å²) in [6.45, 7) is 0. The summed E-state index contributed by atoms with van der Waals surface area (Å²) in [6.07, 6.45) is 17.9. The van der Waals surface area contributed by atoms with Gasteiger partial charge in [-0.25, -0.2) is 9.97 Å². The molecule has 0 spiro atoms. The normalized spacial score (nSPS) is 23.1. The van der Waals surface area contributed by atoms with Gasteiger partial charge in [0.1, 0.15) is 0 Å². The molecule has 2 heterocycles. The van der Waals surface area contributed by atoms with Crippen molar-refractivity contribution in [3.63, 3.8) is 0 Å². The summed E-state index contributed by atoms with van der Waals surface area (Å²) >= 11 is 0. The molecule has 0 aliphatic heterocycles. The topological polar surface area (TPSA) is 66.7 Å². The standard InChI is InChI=1S/C29H36N4O/c34-24-11-5-4-7-20(8-6-12-24)22-15-25(29-27(17-22)30-18-31-29)21-13-14-28-26(16-21)32-19-33(28)23-9-2-1-3-10-23/h13-20,23-24,34H,1-12H2,(H,30,31). The zero-order valence-electron chi connectivity index (χ0n) is 20.0. The lowest BCUT2D eigenvalue weighted by Crippen LogP contribution is -2.11. The number of nitrogens with one attached hydrogen (secondary N) is 1. The summed E-state index contributed by atoms with van der Waals surface area (Å²) in [7, 11) is 0. The molecule has 0 saturated heterocycles. The van der Waals surface area contributed by atoms with E-state index >= 15 is 0 Å². The molecule has 5 nitrogen and oxygen atoms in total. The van der Waals surface area contributed by atoms with Crippen LogP contribution in [0.25, 0.3) is 33.2 Å². The Morgan fingerprint density at radius 1 is 0.824 bits per heavy atom. The number of imidazole rings is 2. The highest BCUT2D eigenvalue weighted by Gasteiger charge is 2.20. The van der Waals surface area contributed by atoms with Crippen LogP contribution in [0.1, 0.15) is 94.6 Å². The lowest BCUT2D eigenvalue weighted by molar-refractivity contribution is 0.150. The molecule has 2 aromatic heterocycles. The Labute approximate surface area is 201 Å². The molecule has 2 atom stereocenters. The van der Waals surface area contributed by atoms with E-state index in [1.807, 2.05) is 6.33 Å². The smallest absolute Gasteiger partial charge is 0.0961 e. The number of rotatable bonds is 3. The summed E-state index contributed by atoms with van der Waals surface area (Å²) < 4.78 is 2.41. The van der Waals surface area contributed by atoms with E-state index in [-0.39, 0.29) is 6.10 Å². The maximum Gasteiger partial charge on any atom is 0.0961 e. The summed E-state index contributed by atoms with van der Waals surface area (Å²) in [5.41, 5.74) is 8.26. The second kappa shape index (κ2) is 9.53. The van der Waals surface area contributed by atoms with Crippen molar-refractivity contribution in [3.05, 3.63) is 48.5 Å². The second-order valence-electron chi connectivity index (χ2n) is 10.6. The number of aromatic nitrogens is 4. The Kier molecular flexibility index (Phi) is 6.13. The van der Waals surface area contributed by atoms with Crippen LogP contribution in [0.5, 0.6) is 0 Å². The Morgan fingerprint density at radius 3 is 2.53 bits per heavy atom. The number of aliphatic hydroxyl groups is 1. The molecule has 4 aromatic rings. The van der Waals surface area contributed by atoms with E-state index < -0.39 is 0 Å². The molecular formula is C29H36N4O. The van der Waals surface area contributed by atoms with Crippen LogP contribution < -0.4 is 0 Å². The molecule has 178 valence electrons.